The molecule has 2 N–H and O–H groups in total. The highest BCUT2D eigenvalue weighted by atomic mass is 16.5. The van der Waals surface area contributed by atoms with Gasteiger partial charge < -0.3 is 15.4 Å². The van der Waals surface area contributed by atoms with Crippen molar-refractivity contribution in [2.75, 3.05) is 18.0 Å². The van der Waals surface area contributed by atoms with Gasteiger partial charge in [0.25, 0.3) is 0 Å². The topological polar surface area (TPSA) is 55.6 Å². The van der Waals surface area contributed by atoms with Gasteiger partial charge in [-0.2, -0.15) is 0 Å². The zero-order chi connectivity index (χ0) is 14.5. The molecule has 0 spiro atoms. The van der Waals surface area contributed by atoms with Crippen molar-refractivity contribution < 1.29 is 9.53 Å². The van der Waals surface area contributed by atoms with E-state index in [0.29, 0.717) is 6.54 Å². The molecule has 2 rings (SSSR count). The maximum Gasteiger partial charge on any atom is 0.224 e. The van der Waals surface area contributed by atoms with Crippen LogP contribution in [0.5, 0.6) is 5.75 Å². The smallest absolute Gasteiger partial charge is 0.224 e. The third-order valence-corrected chi connectivity index (χ3v) is 3.75. The first kappa shape index (κ1) is 14.9. The second-order valence-corrected chi connectivity index (χ2v) is 5.33. The van der Waals surface area contributed by atoms with Gasteiger partial charge in [-0.25, -0.2) is 0 Å². The fourth-order valence-electron chi connectivity index (χ4n) is 2.53. The average Bonchev–Trinajstić information content (AvgIpc) is 2.46. The van der Waals surface area contributed by atoms with E-state index in [9.17, 15) is 4.79 Å². The van der Waals surface area contributed by atoms with Crippen molar-refractivity contribution in [1.82, 2.24) is 0 Å². The summed E-state index contributed by atoms with van der Waals surface area (Å²) in [6.45, 7) is 5.06. The van der Waals surface area contributed by atoms with E-state index in [4.69, 9.17) is 10.5 Å². The van der Waals surface area contributed by atoms with Gasteiger partial charge in [0, 0.05) is 6.92 Å². The van der Waals surface area contributed by atoms with Gasteiger partial charge in [-0.1, -0.05) is 13.0 Å². The molecule has 110 valence electrons. The number of aryl methyl sites for hydroxylation is 1. The minimum Gasteiger partial charge on any atom is -0.486 e. The van der Waals surface area contributed by atoms with Crippen LogP contribution >= 0.6 is 0 Å². The van der Waals surface area contributed by atoms with Crippen molar-refractivity contribution in [3.8, 4) is 5.75 Å². The zero-order valence-corrected chi connectivity index (χ0v) is 12.4. The van der Waals surface area contributed by atoms with E-state index in [1.54, 1.807) is 6.92 Å². The lowest BCUT2D eigenvalue weighted by atomic mass is 10.0. The summed E-state index contributed by atoms with van der Waals surface area (Å²) in [7, 11) is 0. The van der Waals surface area contributed by atoms with E-state index in [1.807, 2.05) is 11.0 Å². The molecule has 1 aliphatic rings. The molecule has 4 heteroatoms. The second kappa shape index (κ2) is 6.75. The molecule has 0 aromatic heterocycles. The van der Waals surface area contributed by atoms with E-state index in [2.05, 4.69) is 19.1 Å². The van der Waals surface area contributed by atoms with E-state index in [1.165, 1.54) is 5.56 Å². The summed E-state index contributed by atoms with van der Waals surface area (Å²) in [4.78, 5) is 13.7. The average molecular weight is 276 g/mol. The predicted octanol–water partition coefficient (Wildman–Crippen LogP) is 2.49. The Morgan fingerprint density at radius 1 is 1.45 bits per heavy atom. The van der Waals surface area contributed by atoms with Gasteiger partial charge in [-0.15, -0.1) is 0 Å². The van der Waals surface area contributed by atoms with Crippen LogP contribution in [0.4, 0.5) is 5.69 Å². The molecule has 1 aromatic carbocycles. The van der Waals surface area contributed by atoms with Crippen molar-refractivity contribution in [3.05, 3.63) is 23.8 Å². The molecule has 4 nitrogen and oxygen atoms in total. The number of hydrogen-bond acceptors (Lipinski definition) is 3. The van der Waals surface area contributed by atoms with Crippen LogP contribution < -0.4 is 15.4 Å². The van der Waals surface area contributed by atoms with Gasteiger partial charge in [-0.05, 0) is 49.9 Å². The van der Waals surface area contributed by atoms with Crippen molar-refractivity contribution in [2.24, 2.45) is 5.73 Å². The van der Waals surface area contributed by atoms with Gasteiger partial charge in [-0.3, -0.25) is 4.79 Å². The highest BCUT2D eigenvalue weighted by molar-refractivity contribution is 5.93. The summed E-state index contributed by atoms with van der Waals surface area (Å²) in [6, 6.07) is 6.16. The normalized spacial score (nSPS) is 17.6. The minimum atomic E-state index is 0.0760. The predicted molar refractivity (Wildman–Crippen MR) is 81.2 cm³/mol. The van der Waals surface area contributed by atoms with E-state index >= 15 is 0 Å². The molecule has 0 fully saturated rings. The van der Waals surface area contributed by atoms with Crippen molar-refractivity contribution in [1.29, 1.82) is 0 Å². The van der Waals surface area contributed by atoms with Crippen LogP contribution in [0.2, 0.25) is 0 Å². The number of unbranched alkanes of at least 4 members (excludes halogenated alkanes) is 1. The number of rotatable bonds is 5. The number of carbonyl (C=O) groups excluding carboxylic acids is 1. The lowest BCUT2D eigenvalue weighted by molar-refractivity contribution is -0.117. The molecule has 0 radical (unpaired) electrons. The Labute approximate surface area is 120 Å². The van der Waals surface area contributed by atoms with Crippen LogP contribution in [0.1, 0.15) is 38.7 Å². The quantitative estimate of drug-likeness (QED) is 0.841. The third-order valence-electron chi connectivity index (χ3n) is 3.75. The highest BCUT2D eigenvalue weighted by Gasteiger charge is 2.27. The van der Waals surface area contributed by atoms with Crippen LogP contribution in [-0.4, -0.2) is 25.1 Å². The molecule has 0 aliphatic carbocycles. The van der Waals surface area contributed by atoms with Crippen LogP contribution in [0.25, 0.3) is 0 Å². The monoisotopic (exact) mass is 276 g/mol. The third kappa shape index (κ3) is 3.31. The fraction of sp³-hybridized carbons (Fsp3) is 0.562. The first-order chi connectivity index (χ1) is 9.65. The molecule has 0 saturated heterocycles. The Morgan fingerprint density at radius 2 is 2.25 bits per heavy atom. The summed E-state index contributed by atoms with van der Waals surface area (Å²) < 4.78 is 5.93. The molecule has 0 saturated carbocycles. The van der Waals surface area contributed by atoms with Gasteiger partial charge >= 0.3 is 0 Å². The standard InChI is InChI=1S/C16H24N2O2/c1-3-14-11-18(12(2)19)15-10-13(6-4-5-9-17)7-8-16(15)20-14/h7-8,10,14H,3-6,9,11,17H2,1-2H3. The number of hydrogen-bond donors (Lipinski definition) is 1. The Hall–Kier alpha value is -1.55. The summed E-state index contributed by atoms with van der Waals surface area (Å²) in [5, 5.41) is 0. The lowest BCUT2D eigenvalue weighted by Gasteiger charge is -2.34. The van der Waals surface area contributed by atoms with Crippen LogP contribution in [0, 0.1) is 0 Å². The zero-order valence-electron chi connectivity index (χ0n) is 12.4. The summed E-state index contributed by atoms with van der Waals surface area (Å²) in [6.07, 6.45) is 4.10. The molecule has 1 atom stereocenters. The first-order valence-corrected chi connectivity index (χ1v) is 7.43. The lowest BCUT2D eigenvalue weighted by Crippen LogP contribution is -2.42. The number of nitrogens with two attached hydrogens (primary N) is 1. The van der Waals surface area contributed by atoms with Crippen molar-refractivity contribution in [2.45, 2.75) is 45.6 Å². The maximum atomic E-state index is 11.8. The summed E-state index contributed by atoms with van der Waals surface area (Å²) in [5.41, 5.74) is 7.67. The summed E-state index contributed by atoms with van der Waals surface area (Å²) >= 11 is 0. The Bertz CT molecular complexity index is 474. The Morgan fingerprint density at radius 3 is 2.90 bits per heavy atom. The van der Waals surface area contributed by atoms with Gasteiger partial charge in [0.1, 0.15) is 11.9 Å². The van der Waals surface area contributed by atoms with Crippen LogP contribution in [0.15, 0.2) is 18.2 Å². The first-order valence-electron chi connectivity index (χ1n) is 7.43. The van der Waals surface area contributed by atoms with E-state index in [0.717, 1.165) is 43.7 Å². The van der Waals surface area contributed by atoms with Crippen LogP contribution in [-0.2, 0) is 11.2 Å². The Kier molecular flexibility index (Phi) is 5.01. The van der Waals surface area contributed by atoms with Crippen molar-refractivity contribution in [3.63, 3.8) is 0 Å². The fourth-order valence-corrected chi connectivity index (χ4v) is 2.53. The van der Waals surface area contributed by atoms with E-state index in [-0.39, 0.29) is 12.0 Å². The number of amides is 1. The SMILES string of the molecule is CCC1CN(C(C)=O)c2cc(CCCCN)ccc2O1. The van der Waals surface area contributed by atoms with Gasteiger partial charge in [0.15, 0.2) is 0 Å². The molecule has 1 aliphatic heterocycles. The highest BCUT2D eigenvalue weighted by Crippen LogP contribution is 2.35. The van der Waals surface area contributed by atoms with E-state index < -0.39 is 0 Å². The molecule has 1 amide bonds. The second-order valence-electron chi connectivity index (χ2n) is 5.33. The summed E-state index contributed by atoms with van der Waals surface area (Å²) in [5.74, 6) is 0.896. The molecular formula is C16H24N2O2. The number of anilines is 1. The number of nitrogens with zero attached hydrogens (tertiary/aromatic N) is 1. The van der Waals surface area contributed by atoms with Crippen LogP contribution in [0.3, 0.4) is 0 Å². The number of benzene rings is 1. The molecular weight excluding hydrogens is 252 g/mol. The minimum absolute atomic E-state index is 0.0760. The molecule has 1 unspecified atom stereocenters. The largest absolute Gasteiger partial charge is 0.486 e. The Balaban J connectivity index is 2.21. The number of ether oxygens (including phenoxy) is 1. The van der Waals surface area contributed by atoms with Gasteiger partial charge in [0.05, 0.1) is 12.2 Å². The molecule has 0 bridgehead atoms. The molecule has 20 heavy (non-hydrogen) atoms. The van der Waals surface area contributed by atoms with Crippen molar-refractivity contribution >= 4 is 11.6 Å². The number of carbonyl (C=O) groups is 1. The maximum absolute atomic E-state index is 11.8. The molecule has 1 aromatic rings. The van der Waals surface area contributed by atoms with Gasteiger partial charge in [0.2, 0.25) is 5.91 Å². The molecule has 1 heterocycles. The number of fused-ring (bicyclic) bond motifs is 1.